The first kappa shape index (κ1) is 7.42. The summed E-state index contributed by atoms with van der Waals surface area (Å²) in [4.78, 5) is 0. The Kier molecular flexibility index (Phi) is 2.83. The molecule has 0 aliphatic heterocycles. The molecule has 0 aliphatic carbocycles. The third-order valence-corrected chi connectivity index (χ3v) is 0.839. The predicted octanol–water partition coefficient (Wildman–Crippen LogP) is 1.65. The van der Waals surface area contributed by atoms with Crippen molar-refractivity contribution in [3.05, 3.63) is 0 Å². The van der Waals surface area contributed by atoms with Crippen molar-refractivity contribution in [2.24, 2.45) is 0 Å². The van der Waals surface area contributed by atoms with Crippen LogP contribution in [0.1, 0.15) is 13.8 Å². The smallest absolute Gasteiger partial charge is 0.141 e. The molecule has 1 radical (unpaired) electrons. The van der Waals surface area contributed by atoms with E-state index in [0.717, 1.165) is 0 Å². The van der Waals surface area contributed by atoms with Crippen LogP contribution in [0, 0.1) is 0 Å². The fourth-order valence-electron chi connectivity index (χ4n) is 0.280. The average molecular weight is 119 g/mol. The topological polar surface area (TPSA) is 0 Å². The zero-order chi connectivity index (χ0) is 5.91. The zero-order valence-electron chi connectivity index (χ0n) is 4.74. The molecule has 0 aromatic rings. The van der Waals surface area contributed by atoms with Crippen molar-refractivity contribution in [1.29, 1.82) is 0 Å². The molecule has 0 spiro atoms. The molecule has 1 unspecified atom stereocenters. The van der Waals surface area contributed by atoms with Crippen LogP contribution in [-0.2, 0) is 0 Å². The van der Waals surface area contributed by atoms with Gasteiger partial charge in [-0.25, -0.2) is 4.39 Å². The zero-order valence-corrected chi connectivity index (χ0v) is 5.89. The SMILES string of the molecule is CC(C)(F)C[B]P. The molecule has 0 bridgehead atoms. The van der Waals surface area contributed by atoms with Crippen molar-refractivity contribution >= 4 is 16.1 Å². The second-order valence-corrected chi connectivity index (χ2v) is 2.63. The third kappa shape index (κ3) is 6.42. The molecule has 0 rings (SSSR count). The first-order valence-corrected chi connectivity index (χ1v) is 2.95. The first-order valence-electron chi connectivity index (χ1n) is 2.28. The van der Waals surface area contributed by atoms with Gasteiger partial charge in [0.05, 0.1) is 5.67 Å². The fraction of sp³-hybridized carbons (Fsp3) is 1.00. The Morgan fingerprint density at radius 1 is 1.71 bits per heavy atom. The van der Waals surface area contributed by atoms with E-state index in [-0.39, 0.29) is 0 Å². The minimum absolute atomic E-state index is 0.512. The van der Waals surface area contributed by atoms with Crippen molar-refractivity contribution in [2.45, 2.75) is 25.8 Å². The fourth-order valence-corrected chi connectivity index (χ4v) is 0.841. The van der Waals surface area contributed by atoms with E-state index in [4.69, 9.17) is 0 Å². The predicted molar refractivity (Wildman–Crippen MR) is 35.5 cm³/mol. The summed E-state index contributed by atoms with van der Waals surface area (Å²) < 4.78 is 12.3. The van der Waals surface area contributed by atoms with Gasteiger partial charge in [0.1, 0.15) is 7.00 Å². The molecule has 0 amide bonds. The highest BCUT2D eigenvalue weighted by atomic mass is 31.0. The lowest BCUT2D eigenvalue weighted by Gasteiger charge is -2.09. The van der Waals surface area contributed by atoms with E-state index in [0.29, 0.717) is 6.32 Å². The Labute approximate surface area is 47.3 Å². The maximum absolute atomic E-state index is 12.3. The summed E-state index contributed by atoms with van der Waals surface area (Å²) in [6.45, 7) is 4.88. The largest absolute Gasteiger partial charge is 0.245 e. The van der Waals surface area contributed by atoms with E-state index in [1.807, 2.05) is 0 Å². The molecular weight excluding hydrogens is 109 g/mol. The van der Waals surface area contributed by atoms with Crippen LogP contribution in [0.25, 0.3) is 0 Å². The van der Waals surface area contributed by atoms with Crippen LogP contribution in [0.3, 0.4) is 0 Å². The van der Waals surface area contributed by atoms with Gasteiger partial charge in [0.25, 0.3) is 0 Å². The lowest BCUT2D eigenvalue weighted by Crippen LogP contribution is -2.11. The van der Waals surface area contributed by atoms with Gasteiger partial charge in [0.15, 0.2) is 0 Å². The molecule has 0 nitrogen and oxygen atoms in total. The summed E-state index contributed by atoms with van der Waals surface area (Å²) in [6.07, 6.45) is 0.512. The molecule has 41 valence electrons. The van der Waals surface area contributed by atoms with Gasteiger partial charge in [0, 0.05) is 0 Å². The van der Waals surface area contributed by atoms with E-state index in [1.165, 1.54) is 0 Å². The molecule has 0 heterocycles. The van der Waals surface area contributed by atoms with Crippen LogP contribution in [0.5, 0.6) is 0 Å². The number of halogens is 1. The molecule has 0 aliphatic rings. The van der Waals surface area contributed by atoms with Gasteiger partial charge in [-0.05, 0) is 20.2 Å². The normalized spacial score (nSPS) is 11.4. The number of hydrogen-bond acceptors (Lipinski definition) is 0. The lowest BCUT2D eigenvalue weighted by atomic mass is 9.90. The van der Waals surface area contributed by atoms with Crippen molar-refractivity contribution in [3.63, 3.8) is 0 Å². The van der Waals surface area contributed by atoms with Crippen molar-refractivity contribution < 1.29 is 4.39 Å². The number of alkyl halides is 1. The molecule has 0 aromatic carbocycles. The Morgan fingerprint density at radius 3 is 2.14 bits per heavy atom. The molecular formula is C4H10BFP. The van der Waals surface area contributed by atoms with Gasteiger partial charge in [-0.15, -0.1) is 0 Å². The van der Waals surface area contributed by atoms with Crippen LogP contribution in [0.4, 0.5) is 4.39 Å². The third-order valence-electron chi connectivity index (χ3n) is 0.603. The quantitative estimate of drug-likeness (QED) is 0.382. The van der Waals surface area contributed by atoms with Crippen LogP contribution < -0.4 is 0 Å². The van der Waals surface area contributed by atoms with Gasteiger partial charge in [-0.1, -0.05) is 0 Å². The summed E-state index contributed by atoms with van der Waals surface area (Å²) in [5.74, 6) is 0. The van der Waals surface area contributed by atoms with Gasteiger partial charge in [-0.2, -0.15) is 9.12 Å². The summed E-state index contributed by atoms with van der Waals surface area (Å²) >= 11 is 0. The second-order valence-electron chi connectivity index (χ2n) is 2.16. The van der Waals surface area contributed by atoms with E-state index in [1.54, 1.807) is 20.8 Å². The van der Waals surface area contributed by atoms with E-state index in [9.17, 15) is 4.39 Å². The molecule has 0 aromatic heterocycles. The minimum atomic E-state index is -1.03. The Hall–Kier alpha value is 0.425. The van der Waals surface area contributed by atoms with Crippen molar-refractivity contribution in [2.75, 3.05) is 0 Å². The van der Waals surface area contributed by atoms with Gasteiger partial charge in [0.2, 0.25) is 0 Å². The number of rotatable bonds is 2. The molecule has 0 saturated heterocycles. The van der Waals surface area contributed by atoms with Gasteiger partial charge in [-0.3, -0.25) is 0 Å². The Bertz CT molecular complexity index is 50.1. The second kappa shape index (κ2) is 2.66. The summed E-state index contributed by atoms with van der Waals surface area (Å²) in [5.41, 5.74) is -1.03. The monoisotopic (exact) mass is 119 g/mol. The summed E-state index contributed by atoms with van der Waals surface area (Å²) in [7, 11) is 2.38. The van der Waals surface area contributed by atoms with Gasteiger partial charge < -0.3 is 0 Å². The van der Waals surface area contributed by atoms with Crippen molar-refractivity contribution in [3.8, 4) is 0 Å². The molecule has 7 heavy (non-hydrogen) atoms. The number of hydrogen-bond donors (Lipinski definition) is 0. The van der Waals surface area contributed by atoms with Gasteiger partial charge >= 0.3 is 0 Å². The van der Waals surface area contributed by atoms with Crippen LogP contribution in [-0.4, -0.2) is 12.7 Å². The van der Waals surface area contributed by atoms with Crippen molar-refractivity contribution in [1.82, 2.24) is 0 Å². The van der Waals surface area contributed by atoms with Crippen LogP contribution in [0.2, 0.25) is 6.32 Å². The highest BCUT2D eigenvalue weighted by Crippen LogP contribution is 2.14. The molecule has 0 N–H and O–H groups in total. The Balaban J connectivity index is 3.15. The lowest BCUT2D eigenvalue weighted by molar-refractivity contribution is 0.246. The average Bonchev–Trinajstić information content (AvgIpc) is 1.30. The summed E-state index contributed by atoms with van der Waals surface area (Å²) in [5, 5.41) is 0. The van der Waals surface area contributed by atoms with Crippen LogP contribution >= 0.6 is 9.12 Å². The van der Waals surface area contributed by atoms with E-state index < -0.39 is 5.67 Å². The first-order chi connectivity index (χ1) is 3.06. The molecule has 0 saturated carbocycles. The highest BCUT2D eigenvalue weighted by Gasteiger charge is 2.12. The molecule has 0 fully saturated rings. The molecule has 1 atom stereocenters. The maximum atomic E-state index is 12.3. The van der Waals surface area contributed by atoms with E-state index in [2.05, 4.69) is 9.12 Å². The Morgan fingerprint density at radius 2 is 2.14 bits per heavy atom. The minimum Gasteiger partial charge on any atom is -0.245 e. The summed E-state index contributed by atoms with van der Waals surface area (Å²) in [6, 6.07) is 0. The van der Waals surface area contributed by atoms with E-state index >= 15 is 0 Å². The standard InChI is InChI=1S/C4H10BFP/c1-4(2,6)3-5-7/h3,7H2,1-2H3. The maximum Gasteiger partial charge on any atom is 0.141 e. The highest BCUT2D eigenvalue weighted by molar-refractivity contribution is 7.55. The van der Waals surface area contributed by atoms with Crippen LogP contribution in [0.15, 0.2) is 0 Å². The molecule has 3 heteroatoms.